The standard InChI is InChI=1S/C13H16BrN3/c1-10-4-3-5-11(2)13(10)9-17-8-12(6-7-14)15-16-17/h3-5,8H,6-7,9H2,1-2H3. The Bertz CT molecular complexity index is 485. The number of hydrogen-bond acceptors (Lipinski definition) is 2. The lowest BCUT2D eigenvalue weighted by Crippen LogP contribution is -2.04. The van der Waals surface area contributed by atoms with Gasteiger partial charge in [-0.25, -0.2) is 4.68 Å². The van der Waals surface area contributed by atoms with Crippen LogP contribution in [0.25, 0.3) is 0 Å². The monoisotopic (exact) mass is 293 g/mol. The van der Waals surface area contributed by atoms with Gasteiger partial charge in [0.25, 0.3) is 0 Å². The lowest BCUT2D eigenvalue weighted by atomic mass is 10.0. The summed E-state index contributed by atoms with van der Waals surface area (Å²) < 4.78 is 1.91. The van der Waals surface area contributed by atoms with Crippen molar-refractivity contribution in [2.24, 2.45) is 0 Å². The minimum absolute atomic E-state index is 0.799. The summed E-state index contributed by atoms with van der Waals surface area (Å²) in [6.07, 6.45) is 2.94. The van der Waals surface area contributed by atoms with E-state index in [2.05, 4.69) is 58.3 Å². The summed E-state index contributed by atoms with van der Waals surface area (Å²) in [5, 5.41) is 9.23. The molecule has 2 aromatic rings. The number of hydrogen-bond donors (Lipinski definition) is 0. The summed E-state index contributed by atoms with van der Waals surface area (Å²) in [4.78, 5) is 0. The van der Waals surface area contributed by atoms with Crippen LogP contribution in [-0.2, 0) is 13.0 Å². The third-order valence-corrected chi connectivity index (χ3v) is 3.30. The van der Waals surface area contributed by atoms with Crippen LogP contribution in [0.15, 0.2) is 24.4 Å². The molecule has 0 saturated heterocycles. The first-order valence-electron chi connectivity index (χ1n) is 5.71. The van der Waals surface area contributed by atoms with Gasteiger partial charge in [0.05, 0.1) is 12.2 Å². The zero-order valence-electron chi connectivity index (χ0n) is 10.2. The van der Waals surface area contributed by atoms with E-state index >= 15 is 0 Å². The fourth-order valence-electron chi connectivity index (χ4n) is 1.89. The molecule has 90 valence electrons. The van der Waals surface area contributed by atoms with Gasteiger partial charge in [-0.2, -0.15) is 0 Å². The molecule has 0 saturated carbocycles. The molecule has 0 aliphatic carbocycles. The Labute approximate surface area is 110 Å². The molecule has 0 bridgehead atoms. The number of aryl methyl sites for hydroxylation is 3. The molecule has 1 heterocycles. The molecular weight excluding hydrogens is 278 g/mol. The summed E-state index contributed by atoms with van der Waals surface area (Å²) in [5.74, 6) is 0. The molecule has 0 atom stereocenters. The smallest absolute Gasteiger partial charge is 0.0835 e. The molecule has 0 aliphatic rings. The fourth-order valence-corrected chi connectivity index (χ4v) is 2.29. The maximum Gasteiger partial charge on any atom is 0.0835 e. The van der Waals surface area contributed by atoms with E-state index in [0.29, 0.717) is 0 Å². The van der Waals surface area contributed by atoms with Crippen molar-refractivity contribution in [1.29, 1.82) is 0 Å². The Kier molecular flexibility index (Phi) is 3.94. The van der Waals surface area contributed by atoms with E-state index in [1.165, 1.54) is 16.7 Å². The highest BCUT2D eigenvalue weighted by Crippen LogP contribution is 2.14. The van der Waals surface area contributed by atoms with Gasteiger partial charge in [0.2, 0.25) is 0 Å². The van der Waals surface area contributed by atoms with Crippen molar-refractivity contribution in [2.45, 2.75) is 26.8 Å². The second-order valence-electron chi connectivity index (χ2n) is 4.22. The molecule has 0 amide bonds. The van der Waals surface area contributed by atoms with Crippen molar-refractivity contribution in [3.05, 3.63) is 46.8 Å². The van der Waals surface area contributed by atoms with Crippen LogP contribution in [0.2, 0.25) is 0 Å². The topological polar surface area (TPSA) is 30.7 Å². The van der Waals surface area contributed by atoms with Crippen molar-refractivity contribution >= 4 is 15.9 Å². The van der Waals surface area contributed by atoms with E-state index < -0.39 is 0 Å². The average molecular weight is 294 g/mol. The van der Waals surface area contributed by atoms with Gasteiger partial charge in [-0.05, 0) is 30.5 Å². The molecule has 0 radical (unpaired) electrons. The van der Waals surface area contributed by atoms with E-state index in [4.69, 9.17) is 0 Å². The van der Waals surface area contributed by atoms with Gasteiger partial charge in [0, 0.05) is 17.9 Å². The predicted molar refractivity (Wildman–Crippen MR) is 72.5 cm³/mol. The molecule has 4 heteroatoms. The first-order chi connectivity index (χ1) is 8.20. The van der Waals surface area contributed by atoms with Gasteiger partial charge in [-0.15, -0.1) is 5.10 Å². The summed E-state index contributed by atoms with van der Waals surface area (Å²) in [5.41, 5.74) is 4.99. The zero-order valence-corrected chi connectivity index (χ0v) is 11.7. The zero-order chi connectivity index (χ0) is 12.3. The molecular formula is C13H16BrN3. The first kappa shape index (κ1) is 12.3. The van der Waals surface area contributed by atoms with Crippen LogP contribution in [0, 0.1) is 13.8 Å². The van der Waals surface area contributed by atoms with Crippen molar-refractivity contribution in [1.82, 2.24) is 15.0 Å². The van der Waals surface area contributed by atoms with Gasteiger partial charge in [0.1, 0.15) is 0 Å². The SMILES string of the molecule is Cc1cccc(C)c1Cn1cc(CCBr)nn1. The Morgan fingerprint density at radius 3 is 2.59 bits per heavy atom. The maximum atomic E-state index is 4.16. The molecule has 17 heavy (non-hydrogen) atoms. The van der Waals surface area contributed by atoms with Crippen LogP contribution in [0.1, 0.15) is 22.4 Å². The Hall–Kier alpha value is -1.16. The molecule has 0 spiro atoms. The van der Waals surface area contributed by atoms with Crippen molar-refractivity contribution in [2.75, 3.05) is 5.33 Å². The first-order valence-corrected chi connectivity index (χ1v) is 6.83. The van der Waals surface area contributed by atoms with Crippen LogP contribution in [0.5, 0.6) is 0 Å². The van der Waals surface area contributed by atoms with E-state index in [-0.39, 0.29) is 0 Å². The van der Waals surface area contributed by atoms with E-state index in [9.17, 15) is 0 Å². The van der Waals surface area contributed by atoms with Crippen LogP contribution in [0.4, 0.5) is 0 Å². The van der Waals surface area contributed by atoms with Gasteiger partial charge in [-0.1, -0.05) is 39.3 Å². The van der Waals surface area contributed by atoms with E-state index in [1.807, 2.05) is 10.9 Å². The number of halogens is 1. The molecule has 2 rings (SSSR count). The Morgan fingerprint density at radius 1 is 1.24 bits per heavy atom. The van der Waals surface area contributed by atoms with Crippen LogP contribution >= 0.6 is 15.9 Å². The molecule has 1 aromatic heterocycles. The largest absolute Gasteiger partial charge is 0.248 e. The highest BCUT2D eigenvalue weighted by Gasteiger charge is 2.05. The third-order valence-electron chi connectivity index (χ3n) is 2.90. The molecule has 0 fully saturated rings. The van der Waals surface area contributed by atoms with Crippen LogP contribution in [-0.4, -0.2) is 20.3 Å². The molecule has 0 N–H and O–H groups in total. The third kappa shape index (κ3) is 2.94. The minimum atomic E-state index is 0.799. The lowest BCUT2D eigenvalue weighted by Gasteiger charge is -2.08. The van der Waals surface area contributed by atoms with E-state index in [0.717, 1.165) is 24.0 Å². The Balaban J connectivity index is 2.19. The average Bonchev–Trinajstić information content (AvgIpc) is 2.72. The predicted octanol–water partition coefficient (Wildman–Crippen LogP) is 2.88. The quantitative estimate of drug-likeness (QED) is 0.812. The summed E-state index contributed by atoms with van der Waals surface area (Å²) in [6, 6.07) is 6.36. The molecule has 0 aliphatic heterocycles. The van der Waals surface area contributed by atoms with Crippen molar-refractivity contribution in [3.63, 3.8) is 0 Å². The molecule has 1 aromatic carbocycles. The number of rotatable bonds is 4. The van der Waals surface area contributed by atoms with Gasteiger partial charge >= 0.3 is 0 Å². The van der Waals surface area contributed by atoms with Gasteiger partial charge < -0.3 is 0 Å². The second-order valence-corrected chi connectivity index (χ2v) is 5.01. The summed E-state index contributed by atoms with van der Waals surface area (Å²) in [7, 11) is 0. The van der Waals surface area contributed by atoms with Crippen molar-refractivity contribution < 1.29 is 0 Å². The Morgan fingerprint density at radius 2 is 1.94 bits per heavy atom. The number of nitrogens with zero attached hydrogens (tertiary/aromatic N) is 3. The fraction of sp³-hybridized carbons (Fsp3) is 0.385. The molecule has 3 nitrogen and oxygen atoms in total. The number of alkyl halides is 1. The molecule has 0 unspecified atom stereocenters. The van der Waals surface area contributed by atoms with Gasteiger partial charge in [0.15, 0.2) is 0 Å². The number of benzene rings is 1. The maximum absolute atomic E-state index is 4.16. The highest BCUT2D eigenvalue weighted by atomic mass is 79.9. The van der Waals surface area contributed by atoms with Crippen molar-refractivity contribution in [3.8, 4) is 0 Å². The second kappa shape index (κ2) is 5.45. The normalized spacial score (nSPS) is 10.8. The van der Waals surface area contributed by atoms with Crippen LogP contribution < -0.4 is 0 Å². The minimum Gasteiger partial charge on any atom is -0.248 e. The van der Waals surface area contributed by atoms with Crippen LogP contribution in [0.3, 0.4) is 0 Å². The highest BCUT2D eigenvalue weighted by molar-refractivity contribution is 9.09. The number of aromatic nitrogens is 3. The summed E-state index contributed by atoms with van der Waals surface area (Å²) in [6.45, 7) is 5.07. The van der Waals surface area contributed by atoms with Gasteiger partial charge in [-0.3, -0.25) is 0 Å². The van der Waals surface area contributed by atoms with E-state index in [1.54, 1.807) is 0 Å². The lowest BCUT2D eigenvalue weighted by molar-refractivity contribution is 0.645. The summed E-state index contributed by atoms with van der Waals surface area (Å²) >= 11 is 3.41.